The Morgan fingerprint density at radius 3 is 2.63 bits per heavy atom. The molecule has 1 aromatic heterocycles. The lowest BCUT2D eigenvalue weighted by Gasteiger charge is -2.14. The van der Waals surface area contributed by atoms with Crippen LogP contribution in [0, 0.1) is 18.3 Å². The van der Waals surface area contributed by atoms with E-state index < -0.39 is 5.91 Å². The number of carbonyl (C=O) groups excluding carboxylic acids is 1. The van der Waals surface area contributed by atoms with E-state index in [4.69, 9.17) is 18.9 Å². The number of aryl methyl sites for hydroxylation is 1. The summed E-state index contributed by atoms with van der Waals surface area (Å²) in [5.74, 6) is 0.575. The van der Waals surface area contributed by atoms with E-state index in [-0.39, 0.29) is 24.7 Å². The van der Waals surface area contributed by atoms with E-state index in [1.807, 2.05) is 24.3 Å². The minimum Gasteiger partial charge on any atom is -0.493 e. The second-order valence-corrected chi connectivity index (χ2v) is 10.4. The quantitative estimate of drug-likeness (QED) is 0.148. The van der Waals surface area contributed by atoms with Gasteiger partial charge in [0.15, 0.2) is 18.1 Å². The molecule has 0 saturated heterocycles. The van der Waals surface area contributed by atoms with Crippen molar-refractivity contribution in [1.82, 2.24) is 10.4 Å². The highest BCUT2D eigenvalue weighted by molar-refractivity contribution is 9.10. The summed E-state index contributed by atoms with van der Waals surface area (Å²) in [4.78, 5) is 16.7. The van der Waals surface area contributed by atoms with Crippen LogP contribution >= 0.6 is 31.9 Å². The van der Waals surface area contributed by atoms with Gasteiger partial charge >= 0.3 is 0 Å². The molecular weight excluding hydrogens is 656 g/mol. The Kier molecular flexibility index (Phi) is 10.3. The molecule has 0 aliphatic carbocycles. The lowest BCUT2D eigenvalue weighted by atomic mass is 10.1. The second kappa shape index (κ2) is 14.1. The van der Waals surface area contributed by atoms with Crippen molar-refractivity contribution in [3.63, 3.8) is 0 Å². The summed E-state index contributed by atoms with van der Waals surface area (Å²) in [6.07, 6.45) is 1.47. The molecule has 4 aromatic rings. The lowest BCUT2D eigenvalue weighted by Crippen LogP contribution is -2.25. The number of aromatic nitrogens is 1. The first-order valence-electron chi connectivity index (χ1n) is 12.4. The van der Waals surface area contributed by atoms with Crippen LogP contribution in [-0.2, 0) is 22.7 Å². The molecule has 1 heterocycles. The van der Waals surface area contributed by atoms with Crippen molar-refractivity contribution in [3.8, 4) is 23.4 Å². The molecule has 0 unspecified atom stereocenters. The van der Waals surface area contributed by atoms with Gasteiger partial charge in [-0.05, 0) is 72.8 Å². The van der Waals surface area contributed by atoms with E-state index >= 15 is 0 Å². The van der Waals surface area contributed by atoms with Gasteiger partial charge in [0.25, 0.3) is 5.91 Å². The molecule has 0 radical (unpaired) electrons. The Morgan fingerprint density at radius 2 is 1.88 bits per heavy atom. The minimum atomic E-state index is -0.526. The molecule has 11 heteroatoms. The molecule has 0 aliphatic rings. The zero-order valence-corrected chi connectivity index (χ0v) is 25.7. The third kappa shape index (κ3) is 7.21. The molecule has 0 aliphatic heterocycles. The van der Waals surface area contributed by atoms with Crippen molar-refractivity contribution < 1.29 is 23.7 Å². The SMILES string of the molecule is COCc1c(Br)c(C)nc(OCC(=O)N/N=C/c2cc(Br)c(OCc3cccc4ccccc34)c(OC)c2)c1C#N. The Labute approximate surface area is 254 Å². The highest BCUT2D eigenvalue weighted by Crippen LogP contribution is 2.37. The Hall–Kier alpha value is -3.98. The Bertz CT molecular complexity index is 1650. The van der Waals surface area contributed by atoms with Crippen molar-refractivity contribution in [1.29, 1.82) is 5.26 Å². The standard InChI is InChI=1S/C30H26Br2N4O5/c1-18-28(32)24(16-38-2)23(13-33)30(35-18)41-17-27(37)36-34-14-19-11-25(31)29(26(12-19)39-3)40-15-21-9-6-8-20-7-4-5-10-22(20)21/h4-12,14H,15-17H2,1-3H3,(H,36,37)/b34-14+. The number of fused-ring (bicyclic) bond motifs is 1. The van der Waals surface area contributed by atoms with Crippen LogP contribution in [0.1, 0.15) is 27.9 Å². The zero-order valence-electron chi connectivity index (χ0n) is 22.5. The van der Waals surface area contributed by atoms with Gasteiger partial charge in [-0.1, -0.05) is 42.5 Å². The number of methoxy groups -OCH3 is 2. The number of benzene rings is 3. The van der Waals surface area contributed by atoms with Crippen LogP contribution < -0.4 is 19.6 Å². The van der Waals surface area contributed by atoms with Gasteiger partial charge in [0.2, 0.25) is 5.88 Å². The summed E-state index contributed by atoms with van der Waals surface area (Å²) in [7, 11) is 3.08. The fourth-order valence-electron chi connectivity index (χ4n) is 4.08. The van der Waals surface area contributed by atoms with Crippen LogP contribution in [0.25, 0.3) is 10.8 Å². The molecule has 4 rings (SSSR count). The topological polar surface area (TPSA) is 115 Å². The molecule has 1 N–H and O–H groups in total. The lowest BCUT2D eigenvalue weighted by molar-refractivity contribution is -0.123. The van der Waals surface area contributed by atoms with Gasteiger partial charge in [-0.2, -0.15) is 10.4 Å². The van der Waals surface area contributed by atoms with Gasteiger partial charge in [0.1, 0.15) is 18.2 Å². The smallest absolute Gasteiger partial charge is 0.278 e. The number of ether oxygens (including phenoxy) is 4. The summed E-state index contributed by atoms with van der Waals surface area (Å²) in [6.45, 7) is 1.91. The number of hydrogen-bond donors (Lipinski definition) is 1. The van der Waals surface area contributed by atoms with Gasteiger partial charge in [-0.15, -0.1) is 0 Å². The van der Waals surface area contributed by atoms with E-state index in [1.165, 1.54) is 13.3 Å². The molecule has 3 aromatic carbocycles. The number of amides is 1. The van der Waals surface area contributed by atoms with E-state index in [0.29, 0.717) is 43.9 Å². The van der Waals surface area contributed by atoms with Gasteiger partial charge in [0, 0.05) is 17.1 Å². The Balaban J connectivity index is 1.40. The highest BCUT2D eigenvalue weighted by Gasteiger charge is 2.18. The average molecular weight is 682 g/mol. The predicted octanol–water partition coefficient (Wildman–Crippen LogP) is 6.20. The van der Waals surface area contributed by atoms with Crippen LogP contribution in [0.15, 0.2) is 68.6 Å². The molecule has 210 valence electrons. The van der Waals surface area contributed by atoms with Gasteiger partial charge < -0.3 is 18.9 Å². The number of pyridine rings is 1. The highest BCUT2D eigenvalue weighted by atomic mass is 79.9. The number of hydrazone groups is 1. The van der Waals surface area contributed by atoms with Gasteiger partial charge in [-0.25, -0.2) is 10.4 Å². The third-order valence-corrected chi connectivity index (χ3v) is 7.66. The summed E-state index contributed by atoms with van der Waals surface area (Å²) < 4.78 is 23.7. The van der Waals surface area contributed by atoms with Crippen molar-refractivity contribution in [2.24, 2.45) is 5.10 Å². The number of carbonyl (C=O) groups is 1. The van der Waals surface area contributed by atoms with Gasteiger partial charge in [0.05, 0.1) is 30.1 Å². The minimum absolute atomic E-state index is 0.0483. The summed E-state index contributed by atoms with van der Waals surface area (Å²) in [5, 5.41) is 15.9. The first-order valence-corrected chi connectivity index (χ1v) is 13.9. The van der Waals surface area contributed by atoms with Crippen molar-refractivity contribution >= 4 is 54.8 Å². The first-order chi connectivity index (χ1) is 19.9. The molecule has 0 saturated carbocycles. The number of nitrogens with one attached hydrogen (secondary N) is 1. The van der Waals surface area contributed by atoms with E-state index in [0.717, 1.165) is 16.3 Å². The Morgan fingerprint density at radius 1 is 1.10 bits per heavy atom. The molecule has 0 fully saturated rings. The van der Waals surface area contributed by atoms with Crippen molar-refractivity contribution in [2.45, 2.75) is 20.1 Å². The number of rotatable bonds is 11. The second-order valence-electron chi connectivity index (χ2n) is 8.76. The van der Waals surface area contributed by atoms with E-state index in [1.54, 1.807) is 26.2 Å². The number of halogens is 2. The third-order valence-electron chi connectivity index (χ3n) is 6.01. The number of nitrogens with zero attached hydrogens (tertiary/aromatic N) is 3. The normalized spacial score (nSPS) is 10.9. The fourth-order valence-corrected chi connectivity index (χ4v) is 5.06. The number of nitriles is 1. The molecule has 1 amide bonds. The molecule has 0 bridgehead atoms. The maximum atomic E-state index is 12.4. The van der Waals surface area contributed by atoms with Crippen LogP contribution in [0.5, 0.6) is 17.4 Å². The van der Waals surface area contributed by atoms with Crippen LogP contribution in [0.2, 0.25) is 0 Å². The fraction of sp³-hybridized carbons (Fsp3) is 0.200. The predicted molar refractivity (Wildman–Crippen MR) is 162 cm³/mol. The largest absolute Gasteiger partial charge is 0.493 e. The van der Waals surface area contributed by atoms with Crippen LogP contribution in [0.3, 0.4) is 0 Å². The molecule has 0 spiro atoms. The maximum absolute atomic E-state index is 12.4. The summed E-state index contributed by atoms with van der Waals surface area (Å²) in [6, 6.07) is 19.9. The van der Waals surface area contributed by atoms with E-state index in [9.17, 15) is 10.1 Å². The first kappa shape index (κ1) is 30.0. The zero-order chi connectivity index (χ0) is 29.4. The van der Waals surface area contributed by atoms with Crippen LogP contribution in [0.4, 0.5) is 0 Å². The molecular formula is C30H26Br2N4O5. The average Bonchev–Trinajstić information content (AvgIpc) is 2.97. The molecule has 9 nitrogen and oxygen atoms in total. The van der Waals surface area contributed by atoms with Crippen molar-refractivity contribution in [3.05, 3.63) is 91.5 Å². The van der Waals surface area contributed by atoms with Crippen molar-refractivity contribution in [2.75, 3.05) is 20.8 Å². The monoisotopic (exact) mass is 680 g/mol. The summed E-state index contributed by atoms with van der Waals surface area (Å²) in [5.41, 5.74) is 5.52. The van der Waals surface area contributed by atoms with E-state index in [2.05, 4.69) is 71.6 Å². The maximum Gasteiger partial charge on any atom is 0.278 e. The van der Waals surface area contributed by atoms with Crippen LogP contribution in [-0.4, -0.2) is 37.9 Å². The summed E-state index contributed by atoms with van der Waals surface area (Å²) >= 11 is 6.98. The number of hydrogen-bond acceptors (Lipinski definition) is 8. The van der Waals surface area contributed by atoms with Gasteiger partial charge in [-0.3, -0.25) is 4.79 Å². The molecule has 0 atom stereocenters. The molecule has 41 heavy (non-hydrogen) atoms.